The number of amides is 2. The molecule has 3 nitrogen and oxygen atoms in total. The van der Waals surface area contributed by atoms with Crippen LogP contribution in [0.3, 0.4) is 0 Å². The highest BCUT2D eigenvalue weighted by Gasteiger charge is 2.42. The zero-order valence-electron chi connectivity index (χ0n) is 20.7. The van der Waals surface area contributed by atoms with Gasteiger partial charge in [-0.25, -0.2) is 9.18 Å². The molecular weight excluding hydrogens is 558 g/mol. The van der Waals surface area contributed by atoms with Crippen molar-refractivity contribution in [3.05, 3.63) is 106 Å². The minimum Gasteiger partial charge on any atom is -0.338 e. The second kappa shape index (κ2) is 11.4. The van der Waals surface area contributed by atoms with Gasteiger partial charge in [-0.3, -0.25) is 0 Å². The van der Waals surface area contributed by atoms with E-state index in [1.807, 2.05) is 5.32 Å². The molecule has 216 valence electrons. The Kier molecular flexibility index (Phi) is 8.75. The van der Waals surface area contributed by atoms with Gasteiger partial charge in [0.2, 0.25) is 0 Å². The highest BCUT2D eigenvalue weighted by Crippen LogP contribution is 2.41. The molecule has 2 amide bonds. The average Bonchev–Trinajstić information content (AvgIpc) is 2.82. The molecule has 13 heteroatoms. The molecule has 0 heterocycles. The molecule has 2 N–H and O–H groups in total. The smallest absolute Gasteiger partial charge is 0.338 e. The summed E-state index contributed by atoms with van der Waals surface area (Å²) in [4.78, 5) is 12.9. The monoisotopic (exact) mass is 580 g/mol. The lowest BCUT2D eigenvalue weighted by atomic mass is 9.76. The third-order valence-corrected chi connectivity index (χ3v) is 6.09. The van der Waals surface area contributed by atoms with E-state index in [9.17, 15) is 48.7 Å². The van der Waals surface area contributed by atoms with Crippen molar-refractivity contribution in [2.24, 2.45) is 0 Å². The molecular formula is C27H22F10N2O. The Morgan fingerprint density at radius 3 is 1.95 bits per heavy atom. The summed E-state index contributed by atoms with van der Waals surface area (Å²) in [6.07, 6.45) is -16.6. The molecule has 0 saturated carbocycles. The maximum absolute atomic E-state index is 14.6. The first-order valence-corrected chi connectivity index (χ1v) is 11.6. The van der Waals surface area contributed by atoms with Gasteiger partial charge in [0.05, 0.1) is 23.1 Å². The van der Waals surface area contributed by atoms with Crippen LogP contribution in [0.1, 0.15) is 39.8 Å². The van der Waals surface area contributed by atoms with E-state index < -0.39 is 72.0 Å². The first-order valence-electron chi connectivity index (χ1n) is 11.6. The van der Waals surface area contributed by atoms with Gasteiger partial charge in [-0.05, 0) is 53.4 Å². The number of alkyl halides is 9. The van der Waals surface area contributed by atoms with Crippen LogP contribution in [-0.2, 0) is 24.3 Å². The van der Waals surface area contributed by atoms with Gasteiger partial charge in [0, 0.05) is 13.0 Å². The summed E-state index contributed by atoms with van der Waals surface area (Å²) < 4.78 is 135. The number of carbonyl (C=O) groups is 1. The Labute approximate surface area is 222 Å². The fraction of sp³-hybridized carbons (Fsp3) is 0.296. The van der Waals surface area contributed by atoms with Crippen LogP contribution in [0.4, 0.5) is 48.7 Å². The molecule has 0 bridgehead atoms. The summed E-state index contributed by atoms with van der Waals surface area (Å²) in [5.74, 6) is -1.40. The number of hydrogen-bond acceptors (Lipinski definition) is 1. The molecule has 3 aromatic rings. The number of benzene rings is 3. The number of halogens is 10. The average molecular weight is 580 g/mol. The van der Waals surface area contributed by atoms with Crippen LogP contribution in [0.2, 0.25) is 0 Å². The molecule has 0 saturated heterocycles. The predicted molar refractivity (Wildman–Crippen MR) is 126 cm³/mol. The highest BCUT2D eigenvalue weighted by atomic mass is 19.4. The summed E-state index contributed by atoms with van der Waals surface area (Å²) in [6.45, 7) is 0.210. The molecule has 1 unspecified atom stereocenters. The maximum Gasteiger partial charge on any atom is 0.416 e. The van der Waals surface area contributed by atoms with Gasteiger partial charge in [0.15, 0.2) is 0 Å². The van der Waals surface area contributed by atoms with E-state index in [4.69, 9.17) is 0 Å². The van der Waals surface area contributed by atoms with Crippen LogP contribution in [0, 0.1) is 12.7 Å². The van der Waals surface area contributed by atoms with Crippen molar-refractivity contribution in [1.29, 1.82) is 0 Å². The molecule has 0 aliphatic carbocycles. The zero-order valence-corrected chi connectivity index (χ0v) is 20.7. The van der Waals surface area contributed by atoms with Crippen LogP contribution < -0.4 is 10.6 Å². The second-order valence-electron chi connectivity index (χ2n) is 9.07. The van der Waals surface area contributed by atoms with Crippen molar-refractivity contribution in [3.63, 3.8) is 0 Å². The van der Waals surface area contributed by atoms with E-state index in [2.05, 4.69) is 5.32 Å². The third kappa shape index (κ3) is 7.66. The van der Waals surface area contributed by atoms with E-state index in [-0.39, 0.29) is 17.2 Å². The number of urea groups is 1. The molecule has 40 heavy (non-hydrogen) atoms. The van der Waals surface area contributed by atoms with E-state index in [1.54, 1.807) is 6.07 Å². The van der Waals surface area contributed by atoms with Crippen LogP contribution >= 0.6 is 0 Å². The SMILES string of the molecule is Cc1ccc(C(Cc2ccccc2)(NC(=O)NCCC(F)(F)F)c2cc(F)cc(C(F)(F)F)c2)cc1C(F)(F)F. The summed E-state index contributed by atoms with van der Waals surface area (Å²) in [6, 6.07) is 10.3. The quantitative estimate of drug-likeness (QED) is 0.274. The summed E-state index contributed by atoms with van der Waals surface area (Å²) >= 11 is 0. The van der Waals surface area contributed by atoms with Gasteiger partial charge in [-0.2, -0.15) is 39.5 Å². The molecule has 0 aliphatic heterocycles. The van der Waals surface area contributed by atoms with Crippen molar-refractivity contribution in [1.82, 2.24) is 10.6 Å². The molecule has 3 aromatic carbocycles. The molecule has 3 rings (SSSR count). The van der Waals surface area contributed by atoms with E-state index in [0.29, 0.717) is 23.8 Å². The topological polar surface area (TPSA) is 41.1 Å². The van der Waals surface area contributed by atoms with Gasteiger partial charge < -0.3 is 10.6 Å². The highest BCUT2D eigenvalue weighted by molar-refractivity contribution is 5.76. The predicted octanol–water partition coefficient (Wildman–Crippen LogP) is 7.91. The number of nitrogens with one attached hydrogen (secondary N) is 2. The zero-order chi connectivity index (χ0) is 29.9. The number of hydrogen-bond donors (Lipinski definition) is 2. The minimum atomic E-state index is -5.07. The van der Waals surface area contributed by atoms with Gasteiger partial charge in [0.25, 0.3) is 0 Å². The number of carbonyl (C=O) groups excluding carboxylic acids is 1. The summed E-state index contributed by atoms with van der Waals surface area (Å²) in [7, 11) is 0. The van der Waals surface area contributed by atoms with E-state index in [1.165, 1.54) is 24.3 Å². The number of aryl methyl sites for hydroxylation is 1. The van der Waals surface area contributed by atoms with E-state index in [0.717, 1.165) is 19.1 Å². The Bertz CT molecular complexity index is 1330. The number of rotatable bonds is 7. The third-order valence-electron chi connectivity index (χ3n) is 6.09. The second-order valence-corrected chi connectivity index (χ2v) is 9.07. The van der Waals surface area contributed by atoms with Crippen molar-refractivity contribution in [3.8, 4) is 0 Å². The first kappa shape index (κ1) is 30.8. The van der Waals surface area contributed by atoms with Crippen molar-refractivity contribution < 1.29 is 48.7 Å². The van der Waals surface area contributed by atoms with Gasteiger partial charge in [0.1, 0.15) is 5.82 Å². The lowest BCUT2D eigenvalue weighted by Crippen LogP contribution is -2.52. The van der Waals surface area contributed by atoms with Gasteiger partial charge in [-0.1, -0.05) is 42.5 Å². The largest absolute Gasteiger partial charge is 0.416 e. The van der Waals surface area contributed by atoms with Crippen LogP contribution in [-0.4, -0.2) is 18.8 Å². The molecule has 0 aliphatic rings. The molecule has 0 spiro atoms. The minimum absolute atomic E-state index is 0.177. The first-order chi connectivity index (χ1) is 18.4. The molecule has 0 radical (unpaired) electrons. The fourth-order valence-electron chi connectivity index (χ4n) is 4.21. The normalized spacial score (nSPS) is 14.0. The summed E-state index contributed by atoms with van der Waals surface area (Å²) in [5, 5.41) is 4.21. The van der Waals surface area contributed by atoms with Crippen LogP contribution in [0.5, 0.6) is 0 Å². The standard InChI is InChI=1S/C27H22F10N2O/c1-16-7-8-18(14-22(16)27(35,36)37)24(15-17-5-3-2-4-6-17,39-23(40)38-10-9-25(29,30)31)19-11-20(26(32,33)34)13-21(28)12-19/h2-8,11-14H,9-10,15H2,1H3,(H2,38,39,40). The lowest BCUT2D eigenvalue weighted by Gasteiger charge is -2.37. The van der Waals surface area contributed by atoms with E-state index >= 15 is 0 Å². The van der Waals surface area contributed by atoms with Gasteiger partial charge in [-0.15, -0.1) is 0 Å². The Morgan fingerprint density at radius 2 is 1.38 bits per heavy atom. The Balaban J connectivity index is 2.31. The molecule has 0 fully saturated rings. The molecule has 1 atom stereocenters. The van der Waals surface area contributed by atoms with Crippen LogP contribution in [0.25, 0.3) is 0 Å². The van der Waals surface area contributed by atoms with Crippen molar-refractivity contribution in [2.75, 3.05) is 6.54 Å². The Morgan fingerprint density at radius 1 is 0.750 bits per heavy atom. The van der Waals surface area contributed by atoms with Crippen molar-refractivity contribution in [2.45, 2.75) is 43.8 Å². The molecule has 0 aromatic heterocycles. The summed E-state index contributed by atoms with van der Waals surface area (Å²) in [5.41, 5.74) is -5.83. The lowest BCUT2D eigenvalue weighted by molar-refractivity contribution is -0.138. The maximum atomic E-state index is 14.6. The van der Waals surface area contributed by atoms with Crippen molar-refractivity contribution >= 4 is 6.03 Å². The Hall–Kier alpha value is -3.77. The fourth-order valence-corrected chi connectivity index (χ4v) is 4.21. The van der Waals surface area contributed by atoms with Crippen LogP contribution in [0.15, 0.2) is 66.7 Å². The van der Waals surface area contributed by atoms with Gasteiger partial charge >= 0.3 is 24.6 Å².